The molecule has 1 N–H and O–H groups in total. The maximum absolute atomic E-state index is 12.0. The van der Waals surface area contributed by atoms with Crippen molar-refractivity contribution in [2.45, 2.75) is 32.4 Å². The molecule has 3 rings (SSSR count). The first kappa shape index (κ1) is 13.1. The smallest absolute Gasteiger partial charge is 0.240 e. The Balaban J connectivity index is 1.66. The van der Waals surface area contributed by atoms with E-state index in [1.54, 1.807) is 0 Å². The van der Waals surface area contributed by atoms with E-state index in [-0.39, 0.29) is 12.0 Å². The average Bonchev–Trinajstić information content (AvgIpc) is 3.06. The maximum Gasteiger partial charge on any atom is 0.240 e. The summed E-state index contributed by atoms with van der Waals surface area (Å²) >= 11 is 0. The van der Waals surface area contributed by atoms with Crippen molar-refractivity contribution in [2.75, 3.05) is 13.2 Å². The number of aryl methyl sites for hydroxylation is 1. The van der Waals surface area contributed by atoms with E-state index in [4.69, 9.17) is 4.74 Å². The third-order valence-corrected chi connectivity index (χ3v) is 3.70. The molecule has 1 aromatic carbocycles. The van der Waals surface area contributed by atoms with Gasteiger partial charge in [0, 0.05) is 13.2 Å². The van der Waals surface area contributed by atoms with Gasteiger partial charge >= 0.3 is 0 Å². The standard InChI is InChI=1S/C15H19N3O2/c1-11-17-13-6-2-3-7-14(13)18(11)10-15(19)16-9-12-5-4-8-20-12/h2-3,6-7,12H,4-5,8-10H2,1H3,(H,16,19). The minimum Gasteiger partial charge on any atom is -0.376 e. The van der Waals surface area contributed by atoms with E-state index in [0.29, 0.717) is 13.1 Å². The molecule has 1 atom stereocenters. The van der Waals surface area contributed by atoms with E-state index < -0.39 is 0 Å². The molecule has 1 aromatic heterocycles. The Hall–Kier alpha value is -1.88. The molecule has 0 bridgehead atoms. The maximum atomic E-state index is 12.0. The summed E-state index contributed by atoms with van der Waals surface area (Å²) in [6.45, 7) is 3.64. The van der Waals surface area contributed by atoms with Crippen molar-refractivity contribution in [3.63, 3.8) is 0 Å². The largest absolute Gasteiger partial charge is 0.376 e. The highest BCUT2D eigenvalue weighted by atomic mass is 16.5. The van der Waals surface area contributed by atoms with Crippen LogP contribution in [0.2, 0.25) is 0 Å². The van der Waals surface area contributed by atoms with Crippen LogP contribution in [0.3, 0.4) is 0 Å². The Morgan fingerprint density at radius 3 is 3.15 bits per heavy atom. The predicted molar refractivity (Wildman–Crippen MR) is 76.5 cm³/mol. The third kappa shape index (κ3) is 2.67. The number of benzene rings is 1. The molecule has 1 saturated heterocycles. The summed E-state index contributed by atoms with van der Waals surface area (Å²) in [6, 6.07) is 7.87. The van der Waals surface area contributed by atoms with E-state index in [0.717, 1.165) is 36.3 Å². The minimum atomic E-state index is 0.00625. The number of hydrogen-bond acceptors (Lipinski definition) is 3. The fourth-order valence-electron chi connectivity index (χ4n) is 2.63. The van der Waals surface area contributed by atoms with Gasteiger partial charge in [-0.25, -0.2) is 4.98 Å². The monoisotopic (exact) mass is 273 g/mol. The number of para-hydroxylation sites is 2. The summed E-state index contributed by atoms with van der Waals surface area (Å²) in [5.41, 5.74) is 1.93. The van der Waals surface area contributed by atoms with Crippen LogP contribution in [0.25, 0.3) is 11.0 Å². The lowest BCUT2D eigenvalue weighted by Crippen LogP contribution is -2.34. The van der Waals surface area contributed by atoms with Crippen LogP contribution >= 0.6 is 0 Å². The van der Waals surface area contributed by atoms with Gasteiger partial charge in [0.15, 0.2) is 0 Å². The molecule has 20 heavy (non-hydrogen) atoms. The van der Waals surface area contributed by atoms with Gasteiger partial charge in [-0.2, -0.15) is 0 Å². The quantitative estimate of drug-likeness (QED) is 0.921. The fourth-order valence-corrected chi connectivity index (χ4v) is 2.63. The topological polar surface area (TPSA) is 56.2 Å². The summed E-state index contributed by atoms with van der Waals surface area (Å²) < 4.78 is 7.44. The molecule has 0 radical (unpaired) electrons. The summed E-state index contributed by atoms with van der Waals surface area (Å²) in [7, 11) is 0. The van der Waals surface area contributed by atoms with Gasteiger partial charge in [0.05, 0.1) is 17.1 Å². The third-order valence-electron chi connectivity index (χ3n) is 3.70. The molecular formula is C15H19N3O2. The highest BCUT2D eigenvalue weighted by molar-refractivity contribution is 5.81. The number of fused-ring (bicyclic) bond motifs is 1. The molecule has 0 saturated carbocycles. The van der Waals surface area contributed by atoms with Crippen molar-refractivity contribution in [3.05, 3.63) is 30.1 Å². The fraction of sp³-hybridized carbons (Fsp3) is 0.467. The zero-order chi connectivity index (χ0) is 13.9. The van der Waals surface area contributed by atoms with E-state index in [9.17, 15) is 4.79 Å². The number of ether oxygens (including phenoxy) is 1. The molecular weight excluding hydrogens is 254 g/mol. The SMILES string of the molecule is Cc1nc2ccccc2n1CC(=O)NCC1CCCO1. The normalized spacial score (nSPS) is 18.6. The van der Waals surface area contributed by atoms with Crippen LogP contribution in [0.5, 0.6) is 0 Å². The summed E-state index contributed by atoms with van der Waals surface area (Å²) in [4.78, 5) is 16.5. The van der Waals surface area contributed by atoms with Crippen LogP contribution in [-0.2, 0) is 16.1 Å². The van der Waals surface area contributed by atoms with Crippen molar-refractivity contribution in [1.29, 1.82) is 0 Å². The molecule has 1 unspecified atom stereocenters. The zero-order valence-electron chi connectivity index (χ0n) is 11.6. The first-order valence-corrected chi connectivity index (χ1v) is 7.04. The van der Waals surface area contributed by atoms with E-state index >= 15 is 0 Å². The van der Waals surface area contributed by atoms with Crippen LogP contribution in [0.15, 0.2) is 24.3 Å². The van der Waals surface area contributed by atoms with Crippen LogP contribution in [-0.4, -0.2) is 34.7 Å². The molecule has 0 spiro atoms. The number of amides is 1. The van der Waals surface area contributed by atoms with Crippen LogP contribution in [0.4, 0.5) is 0 Å². The van der Waals surface area contributed by atoms with Crippen molar-refractivity contribution in [3.8, 4) is 0 Å². The van der Waals surface area contributed by atoms with E-state index in [1.807, 2.05) is 35.8 Å². The van der Waals surface area contributed by atoms with Crippen molar-refractivity contribution in [2.24, 2.45) is 0 Å². The number of carbonyl (C=O) groups is 1. The van der Waals surface area contributed by atoms with Gasteiger partial charge < -0.3 is 14.6 Å². The van der Waals surface area contributed by atoms with Crippen LogP contribution in [0.1, 0.15) is 18.7 Å². The Morgan fingerprint density at radius 1 is 1.50 bits per heavy atom. The first-order chi connectivity index (χ1) is 9.74. The molecule has 1 aliphatic heterocycles. The Labute approximate surface area is 117 Å². The molecule has 1 fully saturated rings. The second-order valence-electron chi connectivity index (χ2n) is 5.17. The minimum absolute atomic E-state index is 0.00625. The number of hydrogen-bond donors (Lipinski definition) is 1. The molecule has 0 aliphatic carbocycles. The summed E-state index contributed by atoms with van der Waals surface area (Å²) in [6.07, 6.45) is 2.30. The molecule has 5 heteroatoms. The lowest BCUT2D eigenvalue weighted by Gasteiger charge is -2.12. The second kappa shape index (κ2) is 5.63. The Morgan fingerprint density at radius 2 is 2.35 bits per heavy atom. The first-order valence-electron chi connectivity index (χ1n) is 7.04. The molecule has 106 valence electrons. The number of nitrogens with zero attached hydrogens (tertiary/aromatic N) is 2. The number of aromatic nitrogens is 2. The zero-order valence-corrected chi connectivity index (χ0v) is 11.6. The summed E-state index contributed by atoms with van der Waals surface area (Å²) in [5, 5.41) is 2.94. The Kier molecular flexibility index (Phi) is 3.69. The van der Waals surface area contributed by atoms with Gasteiger partial charge in [-0.1, -0.05) is 12.1 Å². The molecule has 5 nitrogen and oxygen atoms in total. The van der Waals surface area contributed by atoms with Crippen LogP contribution < -0.4 is 5.32 Å². The molecule has 1 amide bonds. The van der Waals surface area contributed by atoms with Crippen molar-refractivity contribution < 1.29 is 9.53 Å². The summed E-state index contributed by atoms with van der Waals surface area (Å²) in [5.74, 6) is 0.866. The number of nitrogens with one attached hydrogen (secondary N) is 1. The second-order valence-corrected chi connectivity index (χ2v) is 5.17. The number of imidazole rings is 1. The highest BCUT2D eigenvalue weighted by Gasteiger charge is 2.17. The van der Waals surface area contributed by atoms with Gasteiger partial charge in [-0.15, -0.1) is 0 Å². The average molecular weight is 273 g/mol. The Bertz CT molecular complexity index is 615. The lowest BCUT2D eigenvalue weighted by atomic mass is 10.2. The highest BCUT2D eigenvalue weighted by Crippen LogP contribution is 2.15. The number of rotatable bonds is 4. The van der Waals surface area contributed by atoms with E-state index in [1.165, 1.54) is 0 Å². The lowest BCUT2D eigenvalue weighted by molar-refractivity contribution is -0.122. The molecule has 1 aliphatic rings. The molecule has 2 heterocycles. The van der Waals surface area contributed by atoms with Crippen molar-refractivity contribution in [1.82, 2.24) is 14.9 Å². The van der Waals surface area contributed by atoms with Crippen molar-refractivity contribution >= 4 is 16.9 Å². The van der Waals surface area contributed by atoms with Gasteiger partial charge in [-0.3, -0.25) is 4.79 Å². The van der Waals surface area contributed by atoms with Crippen LogP contribution in [0, 0.1) is 6.92 Å². The van der Waals surface area contributed by atoms with E-state index in [2.05, 4.69) is 10.3 Å². The van der Waals surface area contributed by atoms with Gasteiger partial charge in [-0.05, 0) is 31.9 Å². The van der Waals surface area contributed by atoms with Gasteiger partial charge in [0.1, 0.15) is 12.4 Å². The molecule has 2 aromatic rings. The van der Waals surface area contributed by atoms with Gasteiger partial charge in [0.2, 0.25) is 5.91 Å². The number of carbonyl (C=O) groups excluding carboxylic acids is 1. The predicted octanol–water partition coefficient (Wildman–Crippen LogP) is 1.64. The van der Waals surface area contributed by atoms with Gasteiger partial charge in [0.25, 0.3) is 0 Å².